The molecule has 0 fully saturated rings. The Hall–Kier alpha value is -3.55. The fraction of sp³-hybridized carbons (Fsp3) is 0.0500. The highest BCUT2D eigenvalue weighted by molar-refractivity contribution is 6.66. The molecule has 4 aromatic rings. The lowest BCUT2D eigenvalue weighted by molar-refractivity contribution is -0.116. The van der Waals surface area contributed by atoms with Crippen molar-refractivity contribution in [2.24, 2.45) is 5.73 Å². The van der Waals surface area contributed by atoms with Crippen LogP contribution in [0.1, 0.15) is 22.3 Å². The molecule has 0 bridgehead atoms. The number of benzene rings is 4. The van der Waals surface area contributed by atoms with E-state index in [0.717, 1.165) is 27.3 Å². The van der Waals surface area contributed by atoms with E-state index in [4.69, 9.17) is 86.9 Å². The topological polar surface area (TPSA) is 72.2 Å². The van der Waals surface area contributed by atoms with Crippen molar-refractivity contribution in [3.63, 3.8) is 0 Å². The van der Waals surface area contributed by atoms with Gasteiger partial charge in [0.2, 0.25) is 11.1 Å². The van der Waals surface area contributed by atoms with Gasteiger partial charge in [0.15, 0.2) is 0 Å². The van der Waals surface area contributed by atoms with E-state index < -0.39 is 5.24 Å². The third-order valence-corrected chi connectivity index (χ3v) is 7.82. The number of nitrogens with two attached hydrogens (primary N) is 1. The number of allylic oxidation sites excluding steroid dienone is 5. The highest BCUT2D eigenvalue weighted by atomic mass is 35.5. The third-order valence-electron chi connectivity index (χ3n) is 6.06. The predicted molar refractivity (Wildman–Crippen MR) is 223 cm³/mol. The zero-order valence-electron chi connectivity index (χ0n) is 27.0. The van der Waals surface area contributed by atoms with Gasteiger partial charge in [0, 0.05) is 49.3 Å². The van der Waals surface area contributed by atoms with Gasteiger partial charge in [0.1, 0.15) is 0 Å². The first-order valence-corrected chi connectivity index (χ1v) is 17.7. The number of hydrogen-bond acceptors (Lipinski definition) is 3. The fourth-order valence-corrected chi connectivity index (χ4v) is 4.90. The summed E-state index contributed by atoms with van der Waals surface area (Å²) in [5, 5.41) is 6.01. The number of hydrogen-bond donors (Lipinski definition) is 2. The average Bonchev–Trinajstić information content (AvgIpc) is 3.09. The minimum absolute atomic E-state index is 0.174. The van der Waals surface area contributed by atoms with Crippen LogP contribution in [-0.4, -0.2) is 24.2 Å². The minimum atomic E-state index is -0.512. The van der Waals surface area contributed by atoms with E-state index in [1.807, 2.05) is 85.0 Å². The number of nitrogens with one attached hydrogen (secondary N) is 1. The Balaban J connectivity index is 0.000000293. The lowest BCUT2D eigenvalue weighted by Gasteiger charge is -1.98. The zero-order chi connectivity index (χ0) is 37.4. The molecule has 0 aliphatic rings. The molecule has 4 rings (SSSR count). The molecule has 0 saturated heterocycles. The zero-order valence-corrected chi connectivity index (χ0v) is 32.3. The molecule has 11 heteroatoms. The van der Waals surface area contributed by atoms with Gasteiger partial charge in [-0.3, -0.25) is 9.59 Å². The maximum Gasteiger partial charge on any atom is 0.245 e. The number of halogens is 7. The smallest absolute Gasteiger partial charge is 0.245 e. The Kier molecular flexibility index (Phi) is 21.7. The van der Waals surface area contributed by atoms with Crippen molar-refractivity contribution in [1.29, 1.82) is 0 Å². The summed E-state index contributed by atoms with van der Waals surface area (Å²) in [6, 6.07) is 25.5. The van der Waals surface area contributed by atoms with Crippen LogP contribution in [0.3, 0.4) is 0 Å². The van der Waals surface area contributed by atoms with Crippen molar-refractivity contribution >= 4 is 117 Å². The fourth-order valence-electron chi connectivity index (χ4n) is 3.63. The summed E-state index contributed by atoms with van der Waals surface area (Å²) < 4.78 is 0. The van der Waals surface area contributed by atoms with Crippen LogP contribution in [0.15, 0.2) is 134 Å². The van der Waals surface area contributed by atoms with Gasteiger partial charge in [-0.05, 0) is 88.5 Å². The highest BCUT2D eigenvalue weighted by Crippen LogP contribution is 2.23. The number of carbonyl (C=O) groups excluding carboxylic acids is 2. The number of carbonyl (C=O) groups is 2. The average molecular weight is 822 g/mol. The second kappa shape index (κ2) is 25.4. The summed E-state index contributed by atoms with van der Waals surface area (Å²) in [5.74, 6) is -0.174. The van der Waals surface area contributed by atoms with Crippen molar-refractivity contribution in [3.05, 3.63) is 186 Å². The van der Waals surface area contributed by atoms with E-state index in [1.165, 1.54) is 12.2 Å². The van der Waals surface area contributed by atoms with Crippen LogP contribution in [0.4, 0.5) is 0 Å². The summed E-state index contributed by atoms with van der Waals surface area (Å²) in [7, 11) is 0. The molecule has 0 unspecified atom stereocenters. The van der Waals surface area contributed by atoms with Crippen LogP contribution in [0, 0.1) is 0 Å². The minimum Gasteiger partial charge on any atom is -0.349 e. The molecule has 4 aromatic carbocycles. The molecule has 4 nitrogen and oxygen atoms in total. The lowest BCUT2D eigenvalue weighted by atomic mass is 10.2. The van der Waals surface area contributed by atoms with Crippen LogP contribution in [0.2, 0.25) is 30.1 Å². The third kappa shape index (κ3) is 20.2. The van der Waals surface area contributed by atoms with E-state index in [1.54, 1.807) is 60.7 Å². The van der Waals surface area contributed by atoms with E-state index in [2.05, 4.69) is 5.32 Å². The van der Waals surface area contributed by atoms with Crippen LogP contribution in [-0.2, 0) is 9.59 Å². The first-order chi connectivity index (χ1) is 24.5. The molecule has 51 heavy (non-hydrogen) atoms. The van der Waals surface area contributed by atoms with Gasteiger partial charge in [-0.2, -0.15) is 0 Å². The molecular formula is C40H33Cl7N2O2. The van der Waals surface area contributed by atoms with Crippen LogP contribution >= 0.6 is 81.2 Å². The van der Waals surface area contributed by atoms with Gasteiger partial charge < -0.3 is 11.1 Å². The molecule has 264 valence electrons. The predicted octanol–water partition coefficient (Wildman–Crippen LogP) is 12.7. The Morgan fingerprint density at radius 2 is 0.980 bits per heavy atom. The van der Waals surface area contributed by atoms with Crippen LogP contribution in [0.25, 0.3) is 24.3 Å². The molecule has 0 spiro atoms. The summed E-state index contributed by atoms with van der Waals surface area (Å²) in [5.41, 5.74) is 9.11. The quantitative estimate of drug-likeness (QED) is 0.0899. The van der Waals surface area contributed by atoms with Crippen LogP contribution in [0.5, 0.6) is 0 Å². The Bertz CT molecular complexity index is 1880. The maximum absolute atomic E-state index is 11.7. The van der Waals surface area contributed by atoms with Crippen molar-refractivity contribution < 1.29 is 9.59 Å². The molecule has 0 aliphatic heterocycles. The maximum atomic E-state index is 11.7. The van der Waals surface area contributed by atoms with E-state index >= 15 is 0 Å². The Morgan fingerprint density at radius 1 is 0.549 bits per heavy atom. The van der Waals surface area contributed by atoms with Gasteiger partial charge in [-0.1, -0.05) is 167 Å². The molecule has 0 heterocycles. The number of rotatable bonds is 11. The monoisotopic (exact) mass is 818 g/mol. The molecule has 0 atom stereocenters. The standard InChI is InChI=1S/C20H16Cl3NO.C11H7Cl3O.C9H10ClN/c21-17-10-7-15(8-11-17)4-3-13-24-20(25)6-2-1-5-16-9-12-18(22)14-19(16)23;12-9-6-5-8(10(13)7-9)3-1-2-4-11(14)15;10-9-5-3-8(4-6-9)2-1-7-11/h1-12,14H,13H2,(H,24,25);1-7H;1-6H,7,11H2/b4-3-,5-1+,6-2+;3-1+,4-2+;2-1-. The summed E-state index contributed by atoms with van der Waals surface area (Å²) in [4.78, 5) is 22.1. The van der Waals surface area contributed by atoms with Crippen molar-refractivity contribution in [2.45, 2.75) is 0 Å². The lowest BCUT2D eigenvalue weighted by Crippen LogP contribution is -2.20. The second-order valence-corrected chi connectivity index (χ2v) is 12.9. The second-order valence-electron chi connectivity index (χ2n) is 9.96. The summed E-state index contributed by atoms with van der Waals surface area (Å²) in [6.07, 6.45) is 20.6. The van der Waals surface area contributed by atoms with E-state index in [9.17, 15) is 9.59 Å². The molecule has 1 amide bonds. The molecule has 3 N–H and O–H groups in total. The van der Waals surface area contributed by atoms with Gasteiger partial charge in [0.25, 0.3) is 0 Å². The van der Waals surface area contributed by atoms with Gasteiger partial charge in [0.05, 0.1) is 0 Å². The number of amides is 1. The van der Waals surface area contributed by atoms with E-state index in [-0.39, 0.29) is 5.91 Å². The first kappa shape index (κ1) is 43.6. The van der Waals surface area contributed by atoms with Crippen LogP contribution < -0.4 is 11.1 Å². The Morgan fingerprint density at radius 3 is 1.41 bits per heavy atom. The van der Waals surface area contributed by atoms with Gasteiger partial charge in [-0.15, -0.1) is 0 Å². The largest absolute Gasteiger partial charge is 0.349 e. The van der Waals surface area contributed by atoms with Gasteiger partial charge in [-0.25, -0.2) is 0 Å². The summed E-state index contributed by atoms with van der Waals surface area (Å²) in [6.45, 7) is 1.02. The highest BCUT2D eigenvalue weighted by Gasteiger charge is 1.98. The molecule has 0 aliphatic carbocycles. The molecule has 0 saturated carbocycles. The van der Waals surface area contributed by atoms with Crippen molar-refractivity contribution in [1.82, 2.24) is 5.32 Å². The Labute approximate surface area is 334 Å². The molecule has 0 aromatic heterocycles. The summed E-state index contributed by atoms with van der Waals surface area (Å²) >= 11 is 40.2. The first-order valence-electron chi connectivity index (χ1n) is 15.1. The molecule has 0 radical (unpaired) electrons. The normalized spacial score (nSPS) is 11.4. The molecular weight excluding hydrogens is 789 g/mol. The SMILES string of the molecule is NC/C=C\c1ccc(Cl)cc1.O=C(/C=C/C=C/c1ccc(Cl)cc1Cl)NC/C=C\c1ccc(Cl)cc1.O=C(Cl)/C=C/C=C/c1ccc(Cl)cc1Cl. The van der Waals surface area contributed by atoms with Crippen molar-refractivity contribution in [3.8, 4) is 0 Å². The van der Waals surface area contributed by atoms with Gasteiger partial charge >= 0.3 is 0 Å². The van der Waals surface area contributed by atoms with Crippen molar-refractivity contribution in [2.75, 3.05) is 13.1 Å². The van der Waals surface area contributed by atoms with E-state index in [0.29, 0.717) is 38.2 Å².